The maximum absolute atomic E-state index is 4.40. The summed E-state index contributed by atoms with van der Waals surface area (Å²) in [4.78, 5) is 8.81. The fraction of sp³-hybridized carbons (Fsp3) is 0.286. The van der Waals surface area contributed by atoms with Crippen LogP contribution in [-0.2, 0) is 0 Å². The van der Waals surface area contributed by atoms with Crippen LogP contribution >= 0.6 is 11.8 Å². The van der Waals surface area contributed by atoms with Gasteiger partial charge >= 0.3 is 0 Å². The lowest BCUT2D eigenvalue weighted by atomic mass is 10.3. The number of aromatic nitrogens is 2. The van der Waals surface area contributed by atoms with Gasteiger partial charge in [-0.2, -0.15) is 0 Å². The highest BCUT2D eigenvalue weighted by Crippen LogP contribution is 2.14. The van der Waals surface area contributed by atoms with Crippen LogP contribution in [0, 0.1) is 13.8 Å². The van der Waals surface area contributed by atoms with Gasteiger partial charge in [0.15, 0.2) is 5.16 Å². The molecule has 1 heterocycles. The summed E-state index contributed by atoms with van der Waals surface area (Å²) in [6.07, 6.45) is 0. The zero-order valence-corrected chi connectivity index (χ0v) is 11.5. The normalized spacial score (nSPS) is 10.3. The monoisotopic (exact) mass is 259 g/mol. The van der Waals surface area contributed by atoms with Gasteiger partial charge in [-0.3, -0.25) is 0 Å². The highest BCUT2D eigenvalue weighted by molar-refractivity contribution is 7.99. The first kappa shape index (κ1) is 12.9. The molecule has 2 rings (SSSR count). The molecule has 0 bridgehead atoms. The van der Waals surface area contributed by atoms with Crippen LogP contribution in [0.15, 0.2) is 41.6 Å². The van der Waals surface area contributed by atoms with Gasteiger partial charge in [0.1, 0.15) is 0 Å². The maximum Gasteiger partial charge on any atom is 0.188 e. The summed E-state index contributed by atoms with van der Waals surface area (Å²) in [7, 11) is 0. The van der Waals surface area contributed by atoms with E-state index in [1.165, 1.54) is 0 Å². The van der Waals surface area contributed by atoms with Crippen LogP contribution in [0.3, 0.4) is 0 Å². The van der Waals surface area contributed by atoms with Gasteiger partial charge in [-0.15, -0.1) is 0 Å². The van der Waals surface area contributed by atoms with Crippen molar-refractivity contribution in [2.45, 2.75) is 19.0 Å². The van der Waals surface area contributed by atoms with E-state index in [1.807, 2.05) is 38.1 Å². The number of nitrogens with one attached hydrogen (secondary N) is 1. The molecule has 0 amide bonds. The summed E-state index contributed by atoms with van der Waals surface area (Å²) in [5, 5.41) is 4.23. The van der Waals surface area contributed by atoms with Crippen LogP contribution in [0.25, 0.3) is 0 Å². The average molecular weight is 259 g/mol. The Morgan fingerprint density at radius 1 is 1.06 bits per heavy atom. The molecular weight excluding hydrogens is 242 g/mol. The smallest absolute Gasteiger partial charge is 0.188 e. The van der Waals surface area contributed by atoms with Crippen LogP contribution in [0.1, 0.15) is 11.4 Å². The Labute approximate surface area is 112 Å². The second-order valence-corrected chi connectivity index (χ2v) is 5.14. The van der Waals surface area contributed by atoms with Crippen LogP contribution < -0.4 is 5.32 Å². The standard InChI is InChI=1S/C14H17N3S/c1-11-10-12(2)17-14(16-11)18-9-8-15-13-6-4-3-5-7-13/h3-7,10,15H,8-9H2,1-2H3. The fourth-order valence-corrected chi connectivity index (χ4v) is 2.46. The number of aryl methyl sites for hydroxylation is 2. The molecule has 1 aromatic heterocycles. The second-order valence-electron chi connectivity index (χ2n) is 4.07. The molecule has 18 heavy (non-hydrogen) atoms. The Kier molecular flexibility index (Phi) is 4.59. The highest BCUT2D eigenvalue weighted by Gasteiger charge is 2.00. The van der Waals surface area contributed by atoms with Crippen molar-refractivity contribution >= 4 is 17.4 Å². The van der Waals surface area contributed by atoms with Gasteiger partial charge in [0.2, 0.25) is 0 Å². The Balaban J connectivity index is 1.78. The minimum absolute atomic E-state index is 0.863. The number of nitrogens with zero attached hydrogens (tertiary/aromatic N) is 2. The van der Waals surface area contributed by atoms with Gasteiger partial charge in [-0.25, -0.2) is 9.97 Å². The third kappa shape index (κ3) is 4.04. The molecule has 1 N–H and O–H groups in total. The van der Waals surface area contributed by atoms with Gasteiger partial charge in [0, 0.05) is 29.4 Å². The van der Waals surface area contributed by atoms with Crippen LogP contribution in [0.2, 0.25) is 0 Å². The van der Waals surface area contributed by atoms with Crippen molar-refractivity contribution in [3.8, 4) is 0 Å². The second kappa shape index (κ2) is 6.40. The minimum atomic E-state index is 0.863. The summed E-state index contributed by atoms with van der Waals surface area (Å²) >= 11 is 1.68. The number of hydrogen-bond acceptors (Lipinski definition) is 4. The quantitative estimate of drug-likeness (QED) is 0.508. The molecule has 2 aromatic rings. The Morgan fingerprint density at radius 2 is 1.72 bits per heavy atom. The van der Waals surface area contributed by atoms with Crippen molar-refractivity contribution in [3.63, 3.8) is 0 Å². The average Bonchev–Trinajstić information content (AvgIpc) is 2.35. The van der Waals surface area contributed by atoms with Crippen LogP contribution in [0.5, 0.6) is 0 Å². The molecule has 94 valence electrons. The lowest BCUT2D eigenvalue weighted by Crippen LogP contribution is -2.04. The summed E-state index contributed by atoms with van der Waals surface area (Å²) in [6, 6.07) is 12.2. The Morgan fingerprint density at radius 3 is 2.39 bits per heavy atom. The lowest BCUT2D eigenvalue weighted by molar-refractivity contribution is 0.902. The third-order valence-electron chi connectivity index (χ3n) is 2.40. The van der Waals surface area contributed by atoms with Crippen molar-refractivity contribution in [3.05, 3.63) is 47.8 Å². The predicted molar refractivity (Wildman–Crippen MR) is 77.2 cm³/mol. The fourth-order valence-electron chi connectivity index (χ4n) is 1.65. The van der Waals surface area contributed by atoms with Crippen molar-refractivity contribution in [1.29, 1.82) is 0 Å². The molecule has 0 aliphatic carbocycles. The van der Waals surface area contributed by atoms with E-state index in [1.54, 1.807) is 11.8 Å². The molecule has 1 aromatic carbocycles. The van der Waals surface area contributed by atoms with Crippen molar-refractivity contribution in [2.24, 2.45) is 0 Å². The zero-order valence-electron chi connectivity index (χ0n) is 10.7. The number of benzene rings is 1. The SMILES string of the molecule is Cc1cc(C)nc(SCCNc2ccccc2)n1. The molecule has 0 aliphatic heterocycles. The molecule has 0 saturated heterocycles. The molecule has 0 aliphatic rings. The molecule has 3 nitrogen and oxygen atoms in total. The molecule has 0 radical (unpaired) electrons. The predicted octanol–water partition coefficient (Wildman–Crippen LogP) is 3.30. The van der Waals surface area contributed by atoms with E-state index < -0.39 is 0 Å². The molecular formula is C14H17N3S. The largest absolute Gasteiger partial charge is 0.384 e. The van der Waals surface area contributed by atoms with E-state index in [4.69, 9.17) is 0 Å². The van der Waals surface area contributed by atoms with E-state index in [9.17, 15) is 0 Å². The molecule has 0 spiro atoms. The summed E-state index contributed by atoms with van der Waals surface area (Å²) < 4.78 is 0. The van der Waals surface area contributed by atoms with Crippen molar-refractivity contribution in [1.82, 2.24) is 9.97 Å². The van der Waals surface area contributed by atoms with Crippen LogP contribution in [0.4, 0.5) is 5.69 Å². The number of hydrogen-bond donors (Lipinski definition) is 1. The zero-order chi connectivity index (χ0) is 12.8. The van der Waals surface area contributed by atoms with Gasteiger partial charge < -0.3 is 5.32 Å². The number of thioether (sulfide) groups is 1. The molecule has 0 atom stereocenters. The van der Waals surface area contributed by atoms with Gasteiger partial charge in [0.05, 0.1) is 0 Å². The third-order valence-corrected chi connectivity index (χ3v) is 3.25. The van der Waals surface area contributed by atoms with E-state index >= 15 is 0 Å². The molecule has 0 saturated carbocycles. The first-order valence-corrected chi connectivity index (χ1v) is 6.96. The summed E-state index contributed by atoms with van der Waals surface area (Å²) in [5.41, 5.74) is 3.21. The van der Waals surface area contributed by atoms with E-state index in [-0.39, 0.29) is 0 Å². The van der Waals surface area contributed by atoms with Gasteiger partial charge in [0.25, 0.3) is 0 Å². The molecule has 0 unspecified atom stereocenters. The van der Waals surface area contributed by atoms with E-state index in [0.29, 0.717) is 0 Å². The summed E-state index contributed by atoms with van der Waals surface area (Å²) in [5.74, 6) is 0.956. The number of rotatable bonds is 5. The number of anilines is 1. The minimum Gasteiger partial charge on any atom is -0.384 e. The summed E-state index contributed by atoms with van der Waals surface area (Å²) in [6.45, 7) is 4.91. The maximum atomic E-state index is 4.40. The topological polar surface area (TPSA) is 37.8 Å². The lowest BCUT2D eigenvalue weighted by Gasteiger charge is -2.06. The van der Waals surface area contributed by atoms with E-state index in [2.05, 4.69) is 27.4 Å². The number of para-hydroxylation sites is 1. The van der Waals surface area contributed by atoms with E-state index in [0.717, 1.165) is 34.5 Å². The van der Waals surface area contributed by atoms with Crippen molar-refractivity contribution < 1.29 is 0 Å². The Hall–Kier alpha value is -1.55. The molecule has 0 fully saturated rings. The molecule has 4 heteroatoms. The van der Waals surface area contributed by atoms with Gasteiger partial charge in [-0.05, 0) is 32.0 Å². The highest BCUT2D eigenvalue weighted by atomic mass is 32.2. The first-order valence-electron chi connectivity index (χ1n) is 5.98. The van der Waals surface area contributed by atoms with Crippen molar-refractivity contribution in [2.75, 3.05) is 17.6 Å². The van der Waals surface area contributed by atoms with Gasteiger partial charge in [-0.1, -0.05) is 30.0 Å². The van der Waals surface area contributed by atoms with Crippen LogP contribution in [-0.4, -0.2) is 22.3 Å². The Bertz CT molecular complexity index is 479. The first-order chi connectivity index (χ1) is 8.74.